The first-order chi connectivity index (χ1) is 10.2. The van der Waals surface area contributed by atoms with Gasteiger partial charge in [0.25, 0.3) is 0 Å². The fourth-order valence-electron chi connectivity index (χ4n) is 1.89. The lowest BCUT2D eigenvalue weighted by Gasteiger charge is -2.21. The number of nitrogens with zero attached hydrogens (tertiary/aromatic N) is 1. The second-order valence-electron chi connectivity index (χ2n) is 4.64. The van der Waals surface area contributed by atoms with Gasteiger partial charge >= 0.3 is 0 Å². The van der Waals surface area contributed by atoms with Crippen LogP contribution >= 0.6 is 0 Å². The predicted molar refractivity (Wildman–Crippen MR) is 81.9 cm³/mol. The Bertz CT molecular complexity index is 395. The summed E-state index contributed by atoms with van der Waals surface area (Å²) in [5.41, 5.74) is 0.602. The second kappa shape index (κ2) is 10.3. The molecule has 0 unspecified atom stereocenters. The van der Waals surface area contributed by atoms with Crippen LogP contribution in [-0.2, 0) is 9.47 Å². The van der Waals surface area contributed by atoms with E-state index >= 15 is 0 Å². The van der Waals surface area contributed by atoms with Gasteiger partial charge in [0, 0.05) is 31.9 Å². The van der Waals surface area contributed by atoms with Gasteiger partial charge in [0.05, 0.1) is 19.8 Å². The standard InChI is InChI=1S/C16H25NO4/c1-3-20-11-9-17(10-12-21-4-2)13-16(19)14-5-7-15(18)8-6-14/h5-8,18H,3-4,9-13H2,1-2H3. The number of hydrogen-bond donors (Lipinski definition) is 1. The number of Topliss-reactive ketones (excluding diaryl/α,β-unsaturated/α-hetero) is 1. The highest BCUT2D eigenvalue weighted by Crippen LogP contribution is 2.10. The summed E-state index contributed by atoms with van der Waals surface area (Å²) < 4.78 is 10.7. The lowest BCUT2D eigenvalue weighted by molar-refractivity contribution is 0.0725. The summed E-state index contributed by atoms with van der Waals surface area (Å²) >= 11 is 0. The van der Waals surface area contributed by atoms with Crippen molar-refractivity contribution < 1.29 is 19.4 Å². The molecule has 0 spiro atoms. The molecule has 5 heteroatoms. The number of phenols is 1. The summed E-state index contributed by atoms with van der Waals surface area (Å²) in [5, 5.41) is 9.25. The monoisotopic (exact) mass is 295 g/mol. The average Bonchev–Trinajstić information content (AvgIpc) is 2.48. The zero-order valence-corrected chi connectivity index (χ0v) is 12.9. The third-order valence-electron chi connectivity index (χ3n) is 3.07. The Hall–Kier alpha value is -1.43. The first-order valence-corrected chi connectivity index (χ1v) is 7.37. The van der Waals surface area contributed by atoms with E-state index in [0.29, 0.717) is 51.6 Å². The minimum atomic E-state index is 0.0306. The van der Waals surface area contributed by atoms with Gasteiger partial charge < -0.3 is 14.6 Å². The van der Waals surface area contributed by atoms with Crippen LogP contribution in [0.5, 0.6) is 5.75 Å². The van der Waals surface area contributed by atoms with E-state index in [4.69, 9.17) is 9.47 Å². The average molecular weight is 295 g/mol. The number of aromatic hydroxyl groups is 1. The van der Waals surface area contributed by atoms with Crippen LogP contribution in [0.3, 0.4) is 0 Å². The highest BCUT2D eigenvalue weighted by atomic mass is 16.5. The molecule has 0 amide bonds. The van der Waals surface area contributed by atoms with Gasteiger partial charge in [-0.2, -0.15) is 0 Å². The van der Waals surface area contributed by atoms with E-state index in [-0.39, 0.29) is 11.5 Å². The zero-order chi connectivity index (χ0) is 15.5. The molecule has 0 bridgehead atoms. The molecule has 118 valence electrons. The van der Waals surface area contributed by atoms with E-state index in [1.807, 2.05) is 18.7 Å². The van der Waals surface area contributed by atoms with E-state index in [0.717, 1.165) is 0 Å². The first-order valence-electron chi connectivity index (χ1n) is 7.37. The minimum Gasteiger partial charge on any atom is -0.508 e. The van der Waals surface area contributed by atoms with Gasteiger partial charge in [-0.15, -0.1) is 0 Å². The quantitative estimate of drug-likeness (QED) is 0.499. The summed E-state index contributed by atoms with van der Waals surface area (Å²) in [6.45, 7) is 8.17. The Morgan fingerprint density at radius 1 is 1.05 bits per heavy atom. The van der Waals surface area contributed by atoms with Gasteiger partial charge in [0.15, 0.2) is 5.78 Å². The molecule has 0 aliphatic rings. The maximum absolute atomic E-state index is 12.2. The molecular weight excluding hydrogens is 270 g/mol. The predicted octanol–water partition coefficient (Wildman–Crippen LogP) is 1.95. The Labute approximate surface area is 126 Å². The molecule has 0 saturated heterocycles. The van der Waals surface area contributed by atoms with E-state index in [1.165, 1.54) is 12.1 Å². The van der Waals surface area contributed by atoms with Crippen LogP contribution in [0.15, 0.2) is 24.3 Å². The SMILES string of the molecule is CCOCCN(CCOCC)CC(=O)c1ccc(O)cc1. The van der Waals surface area contributed by atoms with Crippen molar-refractivity contribution >= 4 is 5.78 Å². The molecule has 0 atom stereocenters. The number of carbonyl (C=O) groups is 1. The normalized spacial score (nSPS) is 11.0. The molecule has 1 aromatic rings. The number of benzene rings is 1. The van der Waals surface area contributed by atoms with Crippen LogP contribution in [0.1, 0.15) is 24.2 Å². The minimum absolute atomic E-state index is 0.0306. The van der Waals surface area contributed by atoms with E-state index in [1.54, 1.807) is 12.1 Å². The Morgan fingerprint density at radius 3 is 2.05 bits per heavy atom. The molecule has 21 heavy (non-hydrogen) atoms. The van der Waals surface area contributed by atoms with E-state index in [9.17, 15) is 9.90 Å². The molecule has 0 aromatic heterocycles. The highest BCUT2D eigenvalue weighted by molar-refractivity contribution is 5.97. The molecule has 1 rings (SSSR count). The van der Waals surface area contributed by atoms with Crippen LogP contribution in [0.4, 0.5) is 0 Å². The van der Waals surface area contributed by atoms with Gasteiger partial charge in [-0.05, 0) is 38.1 Å². The maximum Gasteiger partial charge on any atom is 0.176 e. The van der Waals surface area contributed by atoms with Crippen LogP contribution < -0.4 is 0 Å². The lowest BCUT2D eigenvalue weighted by atomic mass is 10.1. The van der Waals surface area contributed by atoms with Gasteiger partial charge in [0.1, 0.15) is 5.75 Å². The highest BCUT2D eigenvalue weighted by Gasteiger charge is 2.12. The molecule has 0 aliphatic carbocycles. The number of ketones is 1. The Morgan fingerprint density at radius 2 is 1.57 bits per heavy atom. The molecule has 0 saturated carbocycles. The fraction of sp³-hybridized carbons (Fsp3) is 0.562. The molecule has 0 fully saturated rings. The van der Waals surface area contributed by atoms with Crippen molar-refractivity contribution in [1.29, 1.82) is 0 Å². The number of ether oxygens (including phenoxy) is 2. The van der Waals surface area contributed by atoms with Gasteiger partial charge in [-0.3, -0.25) is 9.69 Å². The number of phenolic OH excluding ortho intramolecular Hbond substituents is 1. The van der Waals surface area contributed by atoms with Crippen LogP contribution in [0.2, 0.25) is 0 Å². The summed E-state index contributed by atoms with van der Waals surface area (Å²) in [7, 11) is 0. The van der Waals surface area contributed by atoms with Crippen molar-refractivity contribution in [3.8, 4) is 5.75 Å². The second-order valence-corrected chi connectivity index (χ2v) is 4.64. The van der Waals surface area contributed by atoms with Crippen molar-refractivity contribution in [3.05, 3.63) is 29.8 Å². The molecule has 5 nitrogen and oxygen atoms in total. The van der Waals surface area contributed by atoms with Gasteiger partial charge in [-0.25, -0.2) is 0 Å². The molecule has 0 radical (unpaired) electrons. The fourth-order valence-corrected chi connectivity index (χ4v) is 1.89. The lowest BCUT2D eigenvalue weighted by Crippen LogP contribution is -2.35. The largest absolute Gasteiger partial charge is 0.508 e. The molecular formula is C16H25NO4. The molecule has 1 aromatic carbocycles. The maximum atomic E-state index is 12.2. The number of rotatable bonds is 11. The van der Waals surface area contributed by atoms with Crippen LogP contribution in [0, 0.1) is 0 Å². The summed E-state index contributed by atoms with van der Waals surface area (Å²) in [6.07, 6.45) is 0. The summed E-state index contributed by atoms with van der Waals surface area (Å²) in [4.78, 5) is 14.3. The summed E-state index contributed by atoms with van der Waals surface area (Å²) in [6, 6.07) is 6.33. The Kier molecular flexibility index (Phi) is 8.66. The van der Waals surface area contributed by atoms with Gasteiger partial charge in [0.2, 0.25) is 0 Å². The zero-order valence-electron chi connectivity index (χ0n) is 12.9. The van der Waals surface area contributed by atoms with Crippen LogP contribution in [0.25, 0.3) is 0 Å². The van der Waals surface area contributed by atoms with E-state index in [2.05, 4.69) is 0 Å². The third-order valence-corrected chi connectivity index (χ3v) is 3.07. The summed E-state index contributed by atoms with van der Waals surface area (Å²) in [5.74, 6) is 0.194. The number of hydrogen-bond acceptors (Lipinski definition) is 5. The topological polar surface area (TPSA) is 59.0 Å². The van der Waals surface area contributed by atoms with Crippen molar-refractivity contribution in [3.63, 3.8) is 0 Å². The smallest absolute Gasteiger partial charge is 0.176 e. The van der Waals surface area contributed by atoms with E-state index < -0.39 is 0 Å². The first kappa shape index (κ1) is 17.6. The van der Waals surface area contributed by atoms with Gasteiger partial charge in [-0.1, -0.05) is 0 Å². The van der Waals surface area contributed by atoms with Crippen molar-refractivity contribution in [2.75, 3.05) is 46.1 Å². The molecule has 0 heterocycles. The molecule has 1 N–H and O–H groups in total. The van der Waals surface area contributed by atoms with Crippen molar-refractivity contribution in [1.82, 2.24) is 4.90 Å². The van der Waals surface area contributed by atoms with Crippen molar-refractivity contribution in [2.45, 2.75) is 13.8 Å². The van der Waals surface area contributed by atoms with Crippen molar-refractivity contribution in [2.24, 2.45) is 0 Å². The van der Waals surface area contributed by atoms with Crippen LogP contribution in [-0.4, -0.2) is 61.9 Å². The molecule has 0 aliphatic heterocycles. The Balaban J connectivity index is 2.52. The number of carbonyl (C=O) groups excluding carboxylic acids is 1. The third kappa shape index (κ3) is 7.22.